The van der Waals surface area contributed by atoms with Gasteiger partial charge in [-0.05, 0) is 48.6 Å². The number of carbonyl (C=O) groups is 1. The van der Waals surface area contributed by atoms with Gasteiger partial charge in [0.2, 0.25) is 0 Å². The quantitative estimate of drug-likeness (QED) is 0.781. The van der Waals surface area contributed by atoms with Crippen molar-refractivity contribution >= 4 is 5.91 Å². The van der Waals surface area contributed by atoms with Gasteiger partial charge in [0.15, 0.2) is 11.5 Å². The fourth-order valence-electron chi connectivity index (χ4n) is 4.25. The molecule has 146 valence electrons. The van der Waals surface area contributed by atoms with Crippen molar-refractivity contribution in [1.82, 2.24) is 5.32 Å². The predicted molar refractivity (Wildman–Crippen MR) is 103 cm³/mol. The minimum atomic E-state index is -1.27. The molecule has 0 aromatic heterocycles. The average Bonchev–Trinajstić information content (AvgIpc) is 2.60. The van der Waals surface area contributed by atoms with Crippen LogP contribution in [0.5, 0.6) is 11.5 Å². The molecule has 0 saturated heterocycles. The van der Waals surface area contributed by atoms with E-state index >= 15 is 0 Å². The van der Waals surface area contributed by atoms with Gasteiger partial charge in [0.05, 0.1) is 14.2 Å². The van der Waals surface area contributed by atoms with Crippen LogP contribution in [0, 0.1) is 17.8 Å². The van der Waals surface area contributed by atoms with E-state index in [9.17, 15) is 9.90 Å². The maximum Gasteiger partial charge on any atom is 0.252 e. The first-order valence-electron chi connectivity index (χ1n) is 9.54. The summed E-state index contributed by atoms with van der Waals surface area (Å²) in [5.74, 6) is 1.76. The molecule has 0 unspecified atom stereocenters. The minimum Gasteiger partial charge on any atom is -0.493 e. The molecule has 5 nitrogen and oxygen atoms in total. The molecule has 1 aliphatic carbocycles. The second kappa shape index (κ2) is 8.76. The van der Waals surface area contributed by atoms with Crippen molar-refractivity contribution in [3.8, 4) is 11.5 Å². The lowest BCUT2D eigenvalue weighted by Gasteiger charge is -2.43. The summed E-state index contributed by atoms with van der Waals surface area (Å²) in [7, 11) is 3.22. The molecule has 0 aliphatic heterocycles. The molecule has 3 atom stereocenters. The second-order valence-electron chi connectivity index (χ2n) is 7.82. The Kier molecular flexibility index (Phi) is 6.93. The topological polar surface area (TPSA) is 67.8 Å². The molecule has 1 saturated carbocycles. The Balaban J connectivity index is 2.04. The van der Waals surface area contributed by atoms with Gasteiger partial charge in [0.1, 0.15) is 5.60 Å². The Morgan fingerprint density at radius 3 is 2.65 bits per heavy atom. The third kappa shape index (κ3) is 4.32. The minimum absolute atomic E-state index is 0.00468. The number of methoxy groups -OCH3 is 2. The fraction of sp³-hybridized carbons (Fsp3) is 0.667. The molecule has 0 spiro atoms. The summed E-state index contributed by atoms with van der Waals surface area (Å²) >= 11 is 0. The molecule has 1 fully saturated rings. The Bertz CT molecular complexity index is 616. The smallest absolute Gasteiger partial charge is 0.252 e. The van der Waals surface area contributed by atoms with Gasteiger partial charge in [0, 0.05) is 6.54 Å². The highest BCUT2D eigenvalue weighted by Crippen LogP contribution is 2.41. The Labute approximate surface area is 157 Å². The van der Waals surface area contributed by atoms with Crippen molar-refractivity contribution in [3.05, 3.63) is 23.8 Å². The van der Waals surface area contributed by atoms with E-state index in [0.717, 1.165) is 18.4 Å². The van der Waals surface area contributed by atoms with Crippen LogP contribution >= 0.6 is 0 Å². The molecular weight excluding hydrogens is 330 g/mol. The van der Waals surface area contributed by atoms with Crippen LogP contribution < -0.4 is 14.8 Å². The number of benzene rings is 1. The molecule has 1 amide bonds. The van der Waals surface area contributed by atoms with Crippen molar-refractivity contribution in [1.29, 1.82) is 0 Å². The van der Waals surface area contributed by atoms with Crippen LogP contribution in [0.1, 0.15) is 45.6 Å². The maximum atomic E-state index is 12.8. The van der Waals surface area contributed by atoms with Crippen molar-refractivity contribution in [2.75, 3.05) is 20.8 Å². The lowest BCUT2D eigenvalue weighted by molar-refractivity contribution is -0.155. The van der Waals surface area contributed by atoms with Crippen LogP contribution in [0.25, 0.3) is 0 Å². The largest absolute Gasteiger partial charge is 0.493 e. The van der Waals surface area contributed by atoms with Gasteiger partial charge in [-0.3, -0.25) is 4.79 Å². The highest BCUT2D eigenvalue weighted by atomic mass is 16.5. The van der Waals surface area contributed by atoms with Crippen molar-refractivity contribution in [3.63, 3.8) is 0 Å². The Hall–Kier alpha value is -1.75. The van der Waals surface area contributed by atoms with E-state index in [-0.39, 0.29) is 17.7 Å². The van der Waals surface area contributed by atoms with Crippen molar-refractivity contribution in [2.24, 2.45) is 17.8 Å². The monoisotopic (exact) mass is 363 g/mol. The third-order valence-electron chi connectivity index (χ3n) is 5.61. The number of nitrogens with one attached hydrogen (secondary N) is 1. The molecular formula is C21H33NO4. The number of rotatable bonds is 7. The molecule has 1 aromatic rings. The molecule has 0 heterocycles. The lowest BCUT2D eigenvalue weighted by atomic mass is 9.66. The van der Waals surface area contributed by atoms with Crippen LogP contribution in [-0.4, -0.2) is 37.4 Å². The van der Waals surface area contributed by atoms with Gasteiger partial charge in [-0.2, -0.15) is 0 Å². The van der Waals surface area contributed by atoms with Crippen molar-refractivity contribution < 1.29 is 19.4 Å². The number of carbonyl (C=O) groups excluding carboxylic acids is 1. The van der Waals surface area contributed by atoms with Gasteiger partial charge in [0.25, 0.3) is 5.91 Å². The first-order chi connectivity index (χ1) is 12.3. The molecule has 2 N–H and O–H groups in total. The van der Waals surface area contributed by atoms with Gasteiger partial charge in [-0.1, -0.05) is 39.3 Å². The fourth-order valence-corrected chi connectivity index (χ4v) is 4.25. The summed E-state index contributed by atoms with van der Waals surface area (Å²) in [6.07, 6.45) is 3.11. The number of ether oxygens (including phenoxy) is 2. The van der Waals surface area contributed by atoms with Gasteiger partial charge in [-0.25, -0.2) is 0 Å². The molecule has 26 heavy (non-hydrogen) atoms. The van der Waals surface area contributed by atoms with E-state index in [1.807, 2.05) is 18.2 Å². The predicted octanol–water partition coefficient (Wildman–Crippen LogP) is 3.19. The first-order valence-corrected chi connectivity index (χ1v) is 9.54. The summed E-state index contributed by atoms with van der Waals surface area (Å²) in [5, 5.41) is 14.1. The van der Waals surface area contributed by atoms with Crippen LogP contribution in [0.3, 0.4) is 0 Å². The number of hydrogen-bond acceptors (Lipinski definition) is 4. The van der Waals surface area contributed by atoms with E-state index in [4.69, 9.17) is 9.47 Å². The molecule has 5 heteroatoms. The zero-order chi connectivity index (χ0) is 19.3. The Morgan fingerprint density at radius 1 is 1.31 bits per heavy atom. The van der Waals surface area contributed by atoms with E-state index < -0.39 is 5.60 Å². The summed E-state index contributed by atoms with van der Waals surface area (Å²) in [4.78, 5) is 12.8. The molecule has 1 aromatic carbocycles. The van der Waals surface area contributed by atoms with Crippen LogP contribution in [0.4, 0.5) is 0 Å². The maximum absolute atomic E-state index is 12.8. The van der Waals surface area contributed by atoms with Gasteiger partial charge >= 0.3 is 0 Å². The molecule has 0 bridgehead atoms. The third-order valence-corrected chi connectivity index (χ3v) is 5.61. The second-order valence-corrected chi connectivity index (χ2v) is 7.82. The van der Waals surface area contributed by atoms with Gasteiger partial charge in [-0.15, -0.1) is 0 Å². The van der Waals surface area contributed by atoms with Crippen LogP contribution in [0.15, 0.2) is 18.2 Å². The van der Waals surface area contributed by atoms with Crippen molar-refractivity contribution in [2.45, 2.75) is 52.1 Å². The highest BCUT2D eigenvalue weighted by Gasteiger charge is 2.48. The Morgan fingerprint density at radius 2 is 2.04 bits per heavy atom. The number of aliphatic hydroxyl groups is 1. The standard InChI is InChI=1S/C21H33NO4/c1-14(2)17-10-9-15(3)13-21(17,24)20(23)22-12-11-16-7-6-8-18(25-4)19(16)26-5/h6-8,14-15,17,24H,9-13H2,1-5H3,(H,22,23)/t15-,17+,21+/m1/s1. The lowest BCUT2D eigenvalue weighted by Crippen LogP contribution is -2.56. The van der Waals surface area contributed by atoms with Crippen LogP contribution in [-0.2, 0) is 11.2 Å². The summed E-state index contributed by atoms with van der Waals surface area (Å²) in [6, 6.07) is 5.71. The molecule has 0 radical (unpaired) electrons. The van der Waals surface area contributed by atoms with E-state index in [1.54, 1.807) is 14.2 Å². The first kappa shape index (κ1) is 20.6. The van der Waals surface area contributed by atoms with E-state index in [0.29, 0.717) is 36.8 Å². The van der Waals surface area contributed by atoms with E-state index in [2.05, 4.69) is 26.1 Å². The number of amides is 1. The number of hydrogen-bond donors (Lipinski definition) is 2. The van der Waals surface area contributed by atoms with Crippen LogP contribution in [0.2, 0.25) is 0 Å². The highest BCUT2D eigenvalue weighted by molar-refractivity contribution is 5.85. The summed E-state index contributed by atoms with van der Waals surface area (Å²) in [6.45, 7) is 6.72. The molecule has 2 rings (SSSR count). The SMILES string of the molecule is COc1cccc(CCNC(=O)[C@]2(O)C[C@H](C)CC[C@H]2C(C)C)c1OC. The zero-order valence-electron chi connectivity index (χ0n) is 16.7. The normalized spacial score (nSPS) is 25.8. The molecule has 1 aliphatic rings. The zero-order valence-corrected chi connectivity index (χ0v) is 16.7. The van der Waals surface area contributed by atoms with E-state index in [1.165, 1.54) is 0 Å². The van der Waals surface area contributed by atoms with Gasteiger partial charge < -0.3 is 19.9 Å². The summed E-state index contributed by atoms with van der Waals surface area (Å²) < 4.78 is 10.8. The average molecular weight is 363 g/mol. The number of para-hydroxylation sites is 1. The summed E-state index contributed by atoms with van der Waals surface area (Å²) in [5.41, 5.74) is -0.304.